The van der Waals surface area contributed by atoms with E-state index in [1.807, 2.05) is 19.1 Å². The second-order valence-electron chi connectivity index (χ2n) is 4.96. The molecule has 1 saturated heterocycles. The van der Waals surface area contributed by atoms with Crippen LogP contribution < -0.4 is 0 Å². The normalized spacial score (nSPS) is 17.3. The number of nitrogens with zero attached hydrogens (tertiary/aromatic N) is 1. The zero-order valence-corrected chi connectivity index (χ0v) is 10.6. The van der Waals surface area contributed by atoms with Crippen molar-refractivity contribution in [1.29, 1.82) is 0 Å². The minimum atomic E-state index is -0.676. The van der Waals surface area contributed by atoms with E-state index in [4.69, 9.17) is 0 Å². The molecule has 0 radical (unpaired) electrons. The molecule has 1 aromatic rings. The van der Waals surface area contributed by atoms with Crippen LogP contribution in [-0.2, 0) is 11.2 Å². The third-order valence-electron chi connectivity index (χ3n) is 3.58. The lowest BCUT2D eigenvalue weighted by molar-refractivity contribution is -0.155. The minimum Gasteiger partial charge on any atom is -0.508 e. The van der Waals surface area contributed by atoms with Gasteiger partial charge in [0.25, 0.3) is 0 Å². The van der Waals surface area contributed by atoms with Gasteiger partial charge in [-0.2, -0.15) is 0 Å². The first-order chi connectivity index (χ1) is 8.54. The summed E-state index contributed by atoms with van der Waals surface area (Å²) in [5.74, 6) is 0.273. The quantitative estimate of drug-likeness (QED) is 0.845. The van der Waals surface area contributed by atoms with E-state index >= 15 is 0 Å². The standard InChI is InChI=1S/C14H19NO3/c1-2-14(18)9-15(10-14)13(17)8-7-11-5-3-4-6-12(11)16/h3-6,16,18H,2,7-10H2,1H3. The molecule has 1 fully saturated rings. The highest BCUT2D eigenvalue weighted by atomic mass is 16.3. The predicted molar refractivity (Wildman–Crippen MR) is 68.2 cm³/mol. The molecule has 18 heavy (non-hydrogen) atoms. The predicted octanol–water partition coefficient (Wildman–Crippen LogP) is 1.31. The summed E-state index contributed by atoms with van der Waals surface area (Å²) < 4.78 is 0. The zero-order valence-electron chi connectivity index (χ0n) is 10.6. The molecule has 1 amide bonds. The van der Waals surface area contributed by atoms with Crippen LogP contribution in [0.5, 0.6) is 5.75 Å². The number of phenolic OH excluding ortho intramolecular Hbond substituents is 1. The average Bonchev–Trinajstić information content (AvgIpc) is 2.33. The summed E-state index contributed by atoms with van der Waals surface area (Å²) >= 11 is 0. The van der Waals surface area contributed by atoms with E-state index in [2.05, 4.69) is 0 Å². The molecule has 0 unspecified atom stereocenters. The van der Waals surface area contributed by atoms with Gasteiger partial charge in [0.05, 0.1) is 18.7 Å². The molecule has 0 aliphatic carbocycles. The van der Waals surface area contributed by atoms with Gasteiger partial charge in [-0.15, -0.1) is 0 Å². The smallest absolute Gasteiger partial charge is 0.223 e. The van der Waals surface area contributed by atoms with Gasteiger partial charge in [0.15, 0.2) is 0 Å². The Morgan fingerprint density at radius 2 is 2.06 bits per heavy atom. The molecule has 0 aromatic heterocycles. The molecule has 0 atom stereocenters. The number of hydrogen-bond donors (Lipinski definition) is 2. The van der Waals surface area contributed by atoms with Gasteiger partial charge in [0, 0.05) is 6.42 Å². The van der Waals surface area contributed by atoms with Crippen molar-refractivity contribution in [1.82, 2.24) is 4.90 Å². The zero-order chi connectivity index (χ0) is 13.2. The number of hydrogen-bond acceptors (Lipinski definition) is 3. The first-order valence-corrected chi connectivity index (χ1v) is 6.31. The fourth-order valence-electron chi connectivity index (χ4n) is 2.19. The van der Waals surface area contributed by atoms with Gasteiger partial charge < -0.3 is 15.1 Å². The number of likely N-dealkylation sites (tertiary alicyclic amines) is 1. The lowest BCUT2D eigenvalue weighted by Gasteiger charge is -2.46. The number of rotatable bonds is 4. The molecule has 0 saturated carbocycles. The van der Waals surface area contributed by atoms with Gasteiger partial charge in [-0.3, -0.25) is 4.79 Å². The summed E-state index contributed by atoms with van der Waals surface area (Å²) in [7, 11) is 0. The number of para-hydroxylation sites is 1. The summed E-state index contributed by atoms with van der Waals surface area (Å²) in [6, 6.07) is 7.05. The van der Waals surface area contributed by atoms with Gasteiger partial charge in [-0.05, 0) is 24.5 Å². The molecule has 1 aliphatic rings. The molecule has 0 spiro atoms. The summed E-state index contributed by atoms with van der Waals surface area (Å²) in [5, 5.41) is 19.4. The van der Waals surface area contributed by atoms with E-state index in [1.54, 1.807) is 17.0 Å². The summed E-state index contributed by atoms with van der Waals surface area (Å²) in [6.45, 7) is 2.79. The third-order valence-corrected chi connectivity index (χ3v) is 3.58. The first-order valence-electron chi connectivity index (χ1n) is 6.31. The van der Waals surface area contributed by atoms with Crippen LogP contribution in [0, 0.1) is 0 Å². The van der Waals surface area contributed by atoms with E-state index in [1.165, 1.54) is 0 Å². The summed E-state index contributed by atoms with van der Waals surface area (Å²) in [4.78, 5) is 13.5. The Morgan fingerprint density at radius 3 is 2.67 bits per heavy atom. The Hall–Kier alpha value is -1.55. The van der Waals surface area contributed by atoms with Crippen LogP contribution in [-0.4, -0.2) is 39.7 Å². The van der Waals surface area contributed by atoms with Crippen molar-refractivity contribution in [2.45, 2.75) is 31.8 Å². The van der Waals surface area contributed by atoms with E-state index in [-0.39, 0.29) is 11.7 Å². The number of carbonyl (C=O) groups is 1. The van der Waals surface area contributed by atoms with E-state index in [9.17, 15) is 15.0 Å². The Bertz CT molecular complexity index is 438. The summed E-state index contributed by atoms with van der Waals surface area (Å²) in [6.07, 6.45) is 1.58. The maximum Gasteiger partial charge on any atom is 0.223 e. The monoisotopic (exact) mass is 249 g/mol. The molecule has 1 heterocycles. The van der Waals surface area contributed by atoms with E-state index in [0.717, 1.165) is 5.56 Å². The highest BCUT2D eigenvalue weighted by Gasteiger charge is 2.41. The number of aromatic hydroxyl groups is 1. The maximum absolute atomic E-state index is 11.8. The third kappa shape index (κ3) is 2.64. The molecule has 2 N–H and O–H groups in total. The van der Waals surface area contributed by atoms with Crippen molar-refractivity contribution in [3.8, 4) is 5.75 Å². The highest BCUT2D eigenvalue weighted by molar-refractivity contribution is 5.77. The van der Waals surface area contributed by atoms with Gasteiger partial charge in [-0.1, -0.05) is 25.1 Å². The number of carbonyl (C=O) groups excluding carboxylic acids is 1. The maximum atomic E-state index is 11.8. The van der Waals surface area contributed by atoms with Gasteiger partial charge in [-0.25, -0.2) is 0 Å². The molecule has 1 aromatic carbocycles. The Labute approximate surface area is 107 Å². The number of phenols is 1. The van der Waals surface area contributed by atoms with Crippen LogP contribution in [0.15, 0.2) is 24.3 Å². The second kappa shape index (κ2) is 4.98. The van der Waals surface area contributed by atoms with Crippen molar-refractivity contribution >= 4 is 5.91 Å². The number of aliphatic hydroxyl groups is 1. The lowest BCUT2D eigenvalue weighted by atomic mass is 9.91. The Kier molecular flexibility index (Phi) is 3.57. The van der Waals surface area contributed by atoms with E-state index in [0.29, 0.717) is 32.4 Å². The number of amides is 1. The lowest BCUT2D eigenvalue weighted by Crippen LogP contribution is -2.63. The van der Waals surface area contributed by atoms with Crippen LogP contribution in [0.1, 0.15) is 25.3 Å². The first kappa shape index (κ1) is 12.9. The van der Waals surface area contributed by atoms with Gasteiger partial charge in [0.2, 0.25) is 5.91 Å². The van der Waals surface area contributed by atoms with Crippen LogP contribution in [0.2, 0.25) is 0 Å². The van der Waals surface area contributed by atoms with Crippen LogP contribution in [0.4, 0.5) is 0 Å². The molecule has 4 nitrogen and oxygen atoms in total. The molecule has 4 heteroatoms. The highest BCUT2D eigenvalue weighted by Crippen LogP contribution is 2.25. The van der Waals surface area contributed by atoms with Gasteiger partial charge >= 0.3 is 0 Å². The van der Waals surface area contributed by atoms with Crippen LogP contribution >= 0.6 is 0 Å². The summed E-state index contributed by atoms with van der Waals surface area (Å²) in [5.41, 5.74) is 0.113. The topological polar surface area (TPSA) is 60.8 Å². The van der Waals surface area contributed by atoms with Gasteiger partial charge in [0.1, 0.15) is 5.75 Å². The molecule has 2 rings (SSSR count). The van der Waals surface area contributed by atoms with Crippen molar-refractivity contribution in [2.24, 2.45) is 0 Å². The largest absolute Gasteiger partial charge is 0.508 e. The second-order valence-corrected chi connectivity index (χ2v) is 4.96. The number of aryl methyl sites for hydroxylation is 1. The van der Waals surface area contributed by atoms with Crippen molar-refractivity contribution in [3.63, 3.8) is 0 Å². The molecule has 98 valence electrons. The van der Waals surface area contributed by atoms with Crippen LogP contribution in [0.25, 0.3) is 0 Å². The number of benzene rings is 1. The van der Waals surface area contributed by atoms with Crippen molar-refractivity contribution in [2.75, 3.05) is 13.1 Å². The van der Waals surface area contributed by atoms with Crippen molar-refractivity contribution in [3.05, 3.63) is 29.8 Å². The number of β-amino-alcohol motifs (C(OH)–C–C–N with tert-alkyl or cyclic N) is 1. The Morgan fingerprint density at radius 1 is 1.39 bits per heavy atom. The average molecular weight is 249 g/mol. The molecular weight excluding hydrogens is 230 g/mol. The van der Waals surface area contributed by atoms with Crippen molar-refractivity contribution < 1.29 is 15.0 Å². The fraction of sp³-hybridized carbons (Fsp3) is 0.500. The molecule has 1 aliphatic heterocycles. The van der Waals surface area contributed by atoms with E-state index < -0.39 is 5.60 Å². The van der Waals surface area contributed by atoms with Crippen LogP contribution in [0.3, 0.4) is 0 Å². The Balaban J connectivity index is 1.82. The molecule has 0 bridgehead atoms. The molecular formula is C14H19NO3. The SMILES string of the molecule is CCC1(O)CN(C(=O)CCc2ccccc2O)C1. The fourth-order valence-corrected chi connectivity index (χ4v) is 2.19. The minimum absolute atomic E-state index is 0.0383.